The summed E-state index contributed by atoms with van der Waals surface area (Å²) in [5.74, 6) is 1.02. The molecule has 4 rings (SSSR count). The summed E-state index contributed by atoms with van der Waals surface area (Å²) < 4.78 is 0.843. The molecule has 0 bridgehead atoms. The van der Waals surface area contributed by atoms with Crippen LogP contribution in [0.2, 0.25) is 0 Å². The van der Waals surface area contributed by atoms with E-state index in [1.54, 1.807) is 11.3 Å². The Morgan fingerprint density at radius 3 is 2.64 bits per heavy atom. The molecule has 0 aliphatic carbocycles. The number of carbonyl (C=O) groups excluding carboxylic acids is 1. The number of aromatic amines is 1. The number of rotatable bonds is 3. The Labute approximate surface area is 158 Å². The van der Waals surface area contributed by atoms with Crippen molar-refractivity contribution in [3.63, 3.8) is 0 Å². The number of piperazine rings is 1. The molecule has 0 atom stereocenters. The van der Waals surface area contributed by atoms with Crippen LogP contribution in [0.4, 0.5) is 5.82 Å². The zero-order chi connectivity index (χ0) is 17.2. The predicted molar refractivity (Wildman–Crippen MR) is 104 cm³/mol. The van der Waals surface area contributed by atoms with Crippen LogP contribution in [0.5, 0.6) is 0 Å². The van der Waals surface area contributed by atoms with E-state index in [2.05, 4.69) is 48.5 Å². The number of nitrogens with one attached hydrogen (secondary N) is 1. The second-order valence-electron chi connectivity index (χ2n) is 5.88. The Hall–Kier alpha value is -2.12. The van der Waals surface area contributed by atoms with Gasteiger partial charge in [-0.05, 0) is 39.5 Å². The number of amides is 1. The number of thiophene rings is 1. The summed E-state index contributed by atoms with van der Waals surface area (Å²) in [5, 5.41) is 9.60. The van der Waals surface area contributed by atoms with Crippen LogP contribution in [0, 0.1) is 0 Å². The molecular weight excluding hydrogens is 400 g/mol. The largest absolute Gasteiger partial charge is 0.352 e. The number of H-pyrrole nitrogens is 1. The van der Waals surface area contributed by atoms with E-state index in [0.29, 0.717) is 13.1 Å². The standard InChI is InChI=1S/C18H17BrN4OS/c19-14-5-2-1-4-13(14)18(24)23-9-7-22(8-10-23)17-12-15(20-21-17)16-6-3-11-25-16/h1-6,11-12H,7-10H2,(H,20,21). The van der Waals surface area contributed by atoms with Crippen LogP contribution >= 0.6 is 27.3 Å². The van der Waals surface area contributed by atoms with E-state index in [4.69, 9.17) is 0 Å². The molecule has 1 N–H and O–H groups in total. The molecule has 7 heteroatoms. The Balaban J connectivity index is 1.42. The third kappa shape index (κ3) is 3.34. The van der Waals surface area contributed by atoms with Crippen molar-refractivity contribution in [2.24, 2.45) is 0 Å². The molecule has 3 heterocycles. The highest BCUT2D eigenvalue weighted by molar-refractivity contribution is 9.10. The van der Waals surface area contributed by atoms with Crippen molar-refractivity contribution >= 4 is 39.0 Å². The molecule has 3 aromatic rings. The molecule has 1 saturated heterocycles. The van der Waals surface area contributed by atoms with Gasteiger partial charge in [0, 0.05) is 36.7 Å². The summed E-state index contributed by atoms with van der Waals surface area (Å²) in [6, 6.07) is 13.8. The molecule has 0 unspecified atom stereocenters. The predicted octanol–water partition coefficient (Wildman–Crippen LogP) is 3.86. The smallest absolute Gasteiger partial charge is 0.255 e. The van der Waals surface area contributed by atoms with E-state index in [0.717, 1.165) is 34.6 Å². The zero-order valence-corrected chi connectivity index (χ0v) is 15.9. The molecule has 1 fully saturated rings. The molecule has 2 aromatic heterocycles. The highest BCUT2D eigenvalue weighted by atomic mass is 79.9. The molecule has 0 saturated carbocycles. The minimum absolute atomic E-state index is 0.0772. The van der Waals surface area contributed by atoms with Crippen LogP contribution in [-0.4, -0.2) is 47.2 Å². The lowest BCUT2D eigenvalue weighted by atomic mass is 10.2. The van der Waals surface area contributed by atoms with Gasteiger partial charge in [0.1, 0.15) is 0 Å². The van der Waals surface area contributed by atoms with Crippen molar-refractivity contribution in [3.8, 4) is 10.6 Å². The number of hydrogen-bond donors (Lipinski definition) is 1. The first-order chi connectivity index (χ1) is 12.2. The highest BCUT2D eigenvalue weighted by Gasteiger charge is 2.24. The monoisotopic (exact) mass is 416 g/mol. The van der Waals surface area contributed by atoms with Crippen molar-refractivity contribution in [2.45, 2.75) is 0 Å². The quantitative estimate of drug-likeness (QED) is 0.704. The highest BCUT2D eigenvalue weighted by Crippen LogP contribution is 2.26. The average Bonchev–Trinajstić information content (AvgIpc) is 3.33. The minimum Gasteiger partial charge on any atom is -0.352 e. The molecule has 1 aliphatic heterocycles. The molecule has 0 radical (unpaired) electrons. The molecule has 25 heavy (non-hydrogen) atoms. The van der Waals surface area contributed by atoms with Gasteiger partial charge in [-0.3, -0.25) is 9.89 Å². The Kier molecular flexibility index (Phi) is 4.59. The molecular formula is C18H17BrN4OS. The van der Waals surface area contributed by atoms with Gasteiger partial charge >= 0.3 is 0 Å². The Bertz CT molecular complexity index is 869. The fourth-order valence-electron chi connectivity index (χ4n) is 2.97. The van der Waals surface area contributed by atoms with E-state index >= 15 is 0 Å². The summed E-state index contributed by atoms with van der Waals surface area (Å²) in [7, 11) is 0. The second-order valence-corrected chi connectivity index (χ2v) is 7.68. The fraction of sp³-hybridized carbons (Fsp3) is 0.222. The maximum Gasteiger partial charge on any atom is 0.255 e. The zero-order valence-electron chi connectivity index (χ0n) is 13.5. The van der Waals surface area contributed by atoms with Gasteiger partial charge in [-0.15, -0.1) is 11.3 Å². The van der Waals surface area contributed by atoms with Crippen molar-refractivity contribution in [1.82, 2.24) is 15.1 Å². The Morgan fingerprint density at radius 1 is 1.12 bits per heavy atom. The van der Waals surface area contributed by atoms with Crippen molar-refractivity contribution < 1.29 is 4.79 Å². The SMILES string of the molecule is O=C(c1ccccc1Br)N1CCN(c2cc(-c3cccs3)[nH]n2)CC1. The lowest BCUT2D eigenvalue weighted by Gasteiger charge is -2.35. The molecule has 1 amide bonds. The van der Waals surface area contributed by atoms with Crippen LogP contribution in [0.3, 0.4) is 0 Å². The second kappa shape index (κ2) is 7.01. The first-order valence-corrected chi connectivity index (χ1v) is 9.77. The maximum absolute atomic E-state index is 12.7. The van der Waals surface area contributed by atoms with Crippen LogP contribution in [-0.2, 0) is 0 Å². The molecule has 0 spiro atoms. The van der Waals surface area contributed by atoms with Crippen molar-refractivity contribution in [2.75, 3.05) is 31.1 Å². The number of anilines is 1. The van der Waals surface area contributed by atoms with Crippen LogP contribution in [0.1, 0.15) is 10.4 Å². The molecule has 1 aromatic carbocycles. The fourth-order valence-corrected chi connectivity index (χ4v) is 4.12. The van der Waals surface area contributed by atoms with Gasteiger partial charge in [0.2, 0.25) is 0 Å². The summed E-state index contributed by atoms with van der Waals surface area (Å²) in [6.45, 7) is 2.96. The van der Waals surface area contributed by atoms with Gasteiger partial charge in [0.15, 0.2) is 5.82 Å². The number of hydrogen-bond acceptors (Lipinski definition) is 4. The van der Waals surface area contributed by atoms with E-state index in [9.17, 15) is 4.79 Å². The minimum atomic E-state index is 0.0772. The van der Waals surface area contributed by atoms with E-state index in [-0.39, 0.29) is 5.91 Å². The van der Waals surface area contributed by atoms with Crippen LogP contribution in [0.25, 0.3) is 10.6 Å². The normalized spacial score (nSPS) is 14.8. The average molecular weight is 417 g/mol. The van der Waals surface area contributed by atoms with Gasteiger partial charge in [0.25, 0.3) is 5.91 Å². The third-order valence-electron chi connectivity index (χ3n) is 4.35. The lowest BCUT2D eigenvalue weighted by Crippen LogP contribution is -2.49. The van der Waals surface area contributed by atoms with Crippen molar-refractivity contribution in [1.29, 1.82) is 0 Å². The molecule has 5 nitrogen and oxygen atoms in total. The van der Waals surface area contributed by atoms with Crippen molar-refractivity contribution in [3.05, 3.63) is 57.9 Å². The van der Waals surface area contributed by atoms with Gasteiger partial charge < -0.3 is 9.80 Å². The van der Waals surface area contributed by atoms with Gasteiger partial charge in [-0.25, -0.2) is 0 Å². The Morgan fingerprint density at radius 2 is 1.92 bits per heavy atom. The first kappa shape index (κ1) is 16.4. The van der Waals surface area contributed by atoms with Gasteiger partial charge in [0.05, 0.1) is 16.1 Å². The van der Waals surface area contributed by atoms with Crippen LogP contribution in [0.15, 0.2) is 52.3 Å². The van der Waals surface area contributed by atoms with Gasteiger partial charge in [-0.2, -0.15) is 5.10 Å². The van der Waals surface area contributed by atoms with E-state index in [1.807, 2.05) is 35.2 Å². The third-order valence-corrected chi connectivity index (χ3v) is 5.94. The molecule has 128 valence electrons. The first-order valence-electron chi connectivity index (χ1n) is 8.10. The lowest BCUT2D eigenvalue weighted by molar-refractivity contribution is 0.0745. The summed E-state index contributed by atoms with van der Waals surface area (Å²) >= 11 is 5.15. The summed E-state index contributed by atoms with van der Waals surface area (Å²) in [6.07, 6.45) is 0. The summed E-state index contributed by atoms with van der Waals surface area (Å²) in [5.41, 5.74) is 1.76. The number of carbonyl (C=O) groups is 1. The van der Waals surface area contributed by atoms with Gasteiger partial charge in [-0.1, -0.05) is 18.2 Å². The van der Waals surface area contributed by atoms with E-state index in [1.165, 1.54) is 4.88 Å². The number of halogens is 1. The summed E-state index contributed by atoms with van der Waals surface area (Å²) in [4.78, 5) is 18.0. The number of benzene rings is 1. The number of aromatic nitrogens is 2. The number of nitrogens with zero attached hydrogens (tertiary/aromatic N) is 3. The maximum atomic E-state index is 12.7. The van der Waals surface area contributed by atoms with Crippen LogP contribution < -0.4 is 4.90 Å². The van der Waals surface area contributed by atoms with E-state index < -0.39 is 0 Å². The molecule has 1 aliphatic rings. The topological polar surface area (TPSA) is 52.2 Å².